The minimum atomic E-state index is -0.776. The van der Waals surface area contributed by atoms with E-state index in [9.17, 15) is 19.5 Å². The van der Waals surface area contributed by atoms with E-state index in [4.69, 9.17) is 4.74 Å². The van der Waals surface area contributed by atoms with Gasteiger partial charge in [-0.15, -0.1) is 0 Å². The second-order valence-corrected chi connectivity index (χ2v) is 6.70. The van der Waals surface area contributed by atoms with Crippen molar-refractivity contribution in [2.45, 2.75) is 11.7 Å². The number of hydrogen-bond acceptors (Lipinski definition) is 6. The van der Waals surface area contributed by atoms with Crippen LogP contribution in [-0.2, 0) is 9.59 Å². The molecule has 1 unspecified atom stereocenters. The number of nitrogens with one attached hydrogen (secondary N) is 1. The standard InChI is InChI=1S/C18H16N2O5S/c1-25-14-8-4-12(5-9-14)20-17(23)15(26-18(20)24)10-16(22)19-11-2-6-13(21)7-3-11/h2-9,15,21H,10H2,1H3,(H,19,22). The van der Waals surface area contributed by atoms with Gasteiger partial charge in [0.2, 0.25) is 11.8 Å². The Hall–Kier alpha value is -3.00. The van der Waals surface area contributed by atoms with Crippen LogP contribution in [0.15, 0.2) is 48.5 Å². The van der Waals surface area contributed by atoms with E-state index in [-0.39, 0.29) is 18.1 Å². The van der Waals surface area contributed by atoms with Gasteiger partial charge in [-0.2, -0.15) is 0 Å². The van der Waals surface area contributed by atoms with Crippen molar-refractivity contribution in [3.05, 3.63) is 48.5 Å². The van der Waals surface area contributed by atoms with Crippen molar-refractivity contribution in [1.82, 2.24) is 0 Å². The predicted octanol–water partition coefficient (Wildman–Crippen LogP) is 3.00. The lowest BCUT2D eigenvalue weighted by Crippen LogP contribution is -2.32. The molecule has 0 saturated carbocycles. The summed E-state index contributed by atoms with van der Waals surface area (Å²) in [5, 5.41) is 10.7. The van der Waals surface area contributed by atoms with Crippen LogP contribution < -0.4 is 15.0 Å². The molecule has 2 N–H and O–H groups in total. The molecule has 3 amide bonds. The average Bonchev–Trinajstić information content (AvgIpc) is 2.90. The second kappa shape index (κ2) is 7.49. The average molecular weight is 372 g/mol. The van der Waals surface area contributed by atoms with Gasteiger partial charge in [-0.25, -0.2) is 4.90 Å². The third-order valence-electron chi connectivity index (χ3n) is 3.77. The van der Waals surface area contributed by atoms with Crippen molar-refractivity contribution in [1.29, 1.82) is 0 Å². The van der Waals surface area contributed by atoms with Crippen molar-refractivity contribution in [3.8, 4) is 11.5 Å². The first kappa shape index (κ1) is 17.8. The van der Waals surface area contributed by atoms with Crippen LogP contribution in [0.4, 0.5) is 16.2 Å². The first-order chi connectivity index (χ1) is 12.5. The summed E-state index contributed by atoms with van der Waals surface area (Å²) >= 11 is 0.833. The van der Waals surface area contributed by atoms with Gasteiger partial charge in [-0.3, -0.25) is 14.4 Å². The van der Waals surface area contributed by atoms with E-state index in [0.29, 0.717) is 17.1 Å². The van der Waals surface area contributed by atoms with E-state index in [1.165, 1.54) is 19.2 Å². The Labute approximate surface area is 153 Å². The molecule has 2 aromatic rings. The van der Waals surface area contributed by atoms with E-state index in [0.717, 1.165) is 16.7 Å². The first-order valence-corrected chi connectivity index (χ1v) is 8.63. The van der Waals surface area contributed by atoms with Gasteiger partial charge in [0.1, 0.15) is 16.7 Å². The van der Waals surface area contributed by atoms with Crippen LogP contribution in [0.25, 0.3) is 0 Å². The number of nitrogens with zero attached hydrogens (tertiary/aromatic N) is 1. The number of carbonyl (C=O) groups excluding carboxylic acids is 3. The summed E-state index contributed by atoms with van der Waals surface area (Å²) in [4.78, 5) is 38.0. The molecular formula is C18H16N2O5S. The fourth-order valence-corrected chi connectivity index (χ4v) is 3.46. The van der Waals surface area contributed by atoms with Gasteiger partial charge in [-0.1, -0.05) is 0 Å². The third-order valence-corrected chi connectivity index (χ3v) is 4.81. The fourth-order valence-electron chi connectivity index (χ4n) is 2.48. The molecule has 0 aliphatic carbocycles. The predicted molar refractivity (Wildman–Crippen MR) is 98.6 cm³/mol. The number of aromatic hydroxyl groups is 1. The molecule has 1 atom stereocenters. The zero-order valence-corrected chi connectivity index (χ0v) is 14.7. The summed E-state index contributed by atoms with van der Waals surface area (Å²) in [5.74, 6) is -0.104. The molecule has 26 heavy (non-hydrogen) atoms. The number of thioether (sulfide) groups is 1. The van der Waals surface area contributed by atoms with Gasteiger partial charge < -0.3 is 15.2 Å². The molecule has 8 heteroatoms. The number of amides is 3. The van der Waals surface area contributed by atoms with E-state index >= 15 is 0 Å². The molecule has 3 rings (SSSR count). The summed E-state index contributed by atoms with van der Waals surface area (Å²) in [6, 6.07) is 12.5. The molecule has 2 aromatic carbocycles. The zero-order valence-electron chi connectivity index (χ0n) is 13.8. The quantitative estimate of drug-likeness (QED) is 0.784. The summed E-state index contributed by atoms with van der Waals surface area (Å²) in [6.45, 7) is 0. The lowest BCUT2D eigenvalue weighted by atomic mass is 10.2. The highest BCUT2D eigenvalue weighted by molar-refractivity contribution is 8.15. The lowest BCUT2D eigenvalue weighted by molar-refractivity contribution is -0.121. The third kappa shape index (κ3) is 3.80. The van der Waals surface area contributed by atoms with Crippen LogP contribution in [0.2, 0.25) is 0 Å². The largest absolute Gasteiger partial charge is 0.508 e. The van der Waals surface area contributed by atoms with Crippen LogP contribution in [0, 0.1) is 0 Å². The number of hydrogen-bond donors (Lipinski definition) is 2. The number of anilines is 2. The molecule has 0 spiro atoms. The number of benzene rings is 2. The first-order valence-electron chi connectivity index (χ1n) is 7.75. The monoisotopic (exact) mass is 372 g/mol. The molecular weight excluding hydrogens is 356 g/mol. The van der Waals surface area contributed by atoms with Crippen molar-refractivity contribution >= 4 is 40.2 Å². The molecule has 1 saturated heterocycles. The topological polar surface area (TPSA) is 95.9 Å². The Bertz CT molecular complexity index is 836. The Morgan fingerprint density at radius 3 is 2.42 bits per heavy atom. The summed E-state index contributed by atoms with van der Waals surface area (Å²) in [7, 11) is 1.53. The van der Waals surface area contributed by atoms with Crippen LogP contribution in [0.1, 0.15) is 6.42 Å². The van der Waals surface area contributed by atoms with Crippen LogP contribution in [0.3, 0.4) is 0 Å². The number of phenols is 1. The second-order valence-electron chi connectivity index (χ2n) is 5.54. The van der Waals surface area contributed by atoms with Gasteiger partial charge in [0.25, 0.3) is 5.24 Å². The number of rotatable bonds is 5. The Kier molecular flexibility index (Phi) is 5.13. The molecule has 1 aliphatic heterocycles. The van der Waals surface area contributed by atoms with Crippen molar-refractivity contribution < 1.29 is 24.2 Å². The fraction of sp³-hybridized carbons (Fsp3) is 0.167. The van der Waals surface area contributed by atoms with E-state index in [1.54, 1.807) is 36.4 Å². The maximum absolute atomic E-state index is 12.5. The van der Waals surface area contributed by atoms with Gasteiger partial charge in [-0.05, 0) is 60.3 Å². The molecule has 0 aromatic heterocycles. The molecule has 1 heterocycles. The number of phenolic OH excluding ortho intramolecular Hbond substituents is 1. The highest BCUT2D eigenvalue weighted by Crippen LogP contribution is 2.34. The Balaban J connectivity index is 1.66. The summed E-state index contributed by atoms with van der Waals surface area (Å²) in [5.41, 5.74) is 0.941. The number of carbonyl (C=O) groups is 3. The maximum Gasteiger partial charge on any atom is 0.293 e. The summed E-state index contributed by atoms with van der Waals surface area (Å²) in [6.07, 6.45) is -0.122. The van der Waals surface area contributed by atoms with E-state index in [2.05, 4.69) is 5.32 Å². The molecule has 0 radical (unpaired) electrons. The minimum absolute atomic E-state index is 0.0882. The highest BCUT2D eigenvalue weighted by atomic mass is 32.2. The molecule has 0 bridgehead atoms. The molecule has 1 fully saturated rings. The highest BCUT2D eigenvalue weighted by Gasteiger charge is 2.41. The molecule has 134 valence electrons. The van der Waals surface area contributed by atoms with Crippen LogP contribution in [-0.4, -0.2) is 34.5 Å². The Morgan fingerprint density at radius 2 is 1.81 bits per heavy atom. The van der Waals surface area contributed by atoms with Gasteiger partial charge >= 0.3 is 0 Å². The van der Waals surface area contributed by atoms with Gasteiger partial charge in [0.15, 0.2) is 0 Å². The van der Waals surface area contributed by atoms with E-state index < -0.39 is 16.4 Å². The maximum atomic E-state index is 12.5. The SMILES string of the molecule is COc1ccc(N2C(=O)SC(CC(=O)Nc3ccc(O)cc3)C2=O)cc1. The number of imide groups is 1. The van der Waals surface area contributed by atoms with Crippen molar-refractivity contribution in [3.63, 3.8) is 0 Å². The summed E-state index contributed by atoms with van der Waals surface area (Å²) < 4.78 is 5.06. The van der Waals surface area contributed by atoms with Crippen LogP contribution in [0.5, 0.6) is 11.5 Å². The number of methoxy groups -OCH3 is 1. The smallest absolute Gasteiger partial charge is 0.293 e. The minimum Gasteiger partial charge on any atom is -0.508 e. The van der Waals surface area contributed by atoms with Crippen molar-refractivity contribution in [2.24, 2.45) is 0 Å². The van der Waals surface area contributed by atoms with Gasteiger partial charge in [0, 0.05) is 12.1 Å². The Morgan fingerprint density at radius 1 is 1.15 bits per heavy atom. The van der Waals surface area contributed by atoms with Crippen LogP contribution >= 0.6 is 11.8 Å². The zero-order chi connectivity index (χ0) is 18.7. The molecule has 7 nitrogen and oxygen atoms in total. The molecule has 1 aliphatic rings. The normalized spacial score (nSPS) is 16.7. The van der Waals surface area contributed by atoms with E-state index in [1.807, 2.05) is 0 Å². The van der Waals surface area contributed by atoms with Gasteiger partial charge in [0.05, 0.1) is 12.8 Å². The number of ether oxygens (including phenoxy) is 1. The van der Waals surface area contributed by atoms with Crippen molar-refractivity contribution in [2.75, 3.05) is 17.3 Å². The lowest BCUT2D eigenvalue weighted by Gasteiger charge is -2.14.